The highest BCUT2D eigenvalue weighted by molar-refractivity contribution is 7.92. The highest BCUT2D eigenvalue weighted by Crippen LogP contribution is 2.37. The standard InChI is InChI=1S/C23H23F4N3O5S/c1-13(24)35-16-5-3-4-14(6-16)20-21-17(30(29-20)10-19(32)23(25,26)27)7-15(9-28-21)18(31)8-22(2)11-36(33,34)12-22/h3-7,9,13,19,32H,8,10-12H2,1-2H3/t13?,19-/m1/s1. The van der Waals surface area contributed by atoms with Crippen molar-refractivity contribution in [3.8, 4) is 17.0 Å². The fraction of sp³-hybridized carbons (Fsp3) is 0.435. The summed E-state index contributed by atoms with van der Waals surface area (Å²) in [6, 6.07) is 7.40. The highest BCUT2D eigenvalue weighted by Gasteiger charge is 2.46. The second-order valence-corrected chi connectivity index (χ2v) is 11.4. The number of Topliss-reactive ketones (excluding diaryl/α,β-unsaturated/α-hetero) is 1. The first-order valence-corrected chi connectivity index (χ1v) is 12.7. The summed E-state index contributed by atoms with van der Waals surface area (Å²) in [4.78, 5) is 17.1. The van der Waals surface area contributed by atoms with E-state index in [9.17, 15) is 35.9 Å². The van der Waals surface area contributed by atoms with Crippen LogP contribution in [0.5, 0.6) is 5.75 Å². The molecule has 0 aliphatic carbocycles. The molecule has 2 atom stereocenters. The number of rotatable bonds is 8. The van der Waals surface area contributed by atoms with Gasteiger partial charge in [0.25, 0.3) is 0 Å². The first-order valence-electron chi connectivity index (χ1n) is 10.9. The Hall–Kier alpha value is -3.06. The van der Waals surface area contributed by atoms with Crippen LogP contribution in [0.4, 0.5) is 17.6 Å². The normalized spacial score (nSPS) is 18.4. The Balaban J connectivity index is 1.75. The number of benzene rings is 1. The molecule has 1 aromatic carbocycles. The Labute approximate surface area is 203 Å². The van der Waals surface area contributed by atoms with Crippen LogP contribution in [0, 0.1) is 5.41 Å². The van der Waals surface area contributed by atoms with Crippen molar-refractivity contribution in [3.63, 3.8) is 0 Å². The number of halogens is 4. The molecule has 13 heteroatoms. The maximum atomic E-state index is 13.3. The summed E-state index contributed by atoms with van der Waals surface area (Å²) >= 11 is 0. The lowest BCUT2D eigenvalue weighted by atomic mass is 9.86. The first kappa shape index (κ1) is 26.0. The number of ether oxygens (including phenoxy) is 1. The van der Waals surface area contributed by atoms with E-state index in [2.05, 4.69) is 10.1 Å². The molecule has 0 radical (unpaired) electrons. The highest BCUT2D eigenvalue weighted by atomic mass is 32.2. The van der Waals surface area contributed by atoms with Gasteiger partial charge in [-0.05, 0) is 18.2 Å². The number of hydrogen-bond acceptors (Lipinski definition) is 7. The summed E-state index contributed by atoms with van der Waals surface area (Å²) in [6.07, 6.45) is -8.06. The van der Waals surface area contributed by atoms with Crippen LogP contribution >= 0.6 is 0 Å². The molecule has 3 aromatic rings. The molecule has 4 rings (SSSR count). The minimum atomic E-state index is -4.91. The molecule has 1 unspecified atom stereocenters. The molecule has 1 aliphatic heterocycles. The van der Waals surface area contributed by atoms with Crippen LogP contribution in [0.3, 0.4) is 0 Å². The number of alkyl halides is 4. The fourth-order valence-electron chi connectivity index (χ4n) is 4.32. The van der Waals surface area contributed by atoms with Gasteiger partial charge in [0.05, 0.1) is 23.6 Å². The predicted molar refractivity (Wildman–Crippen MR) is 122 cm³/mol. The lowest BCUT2D eigenvalue weighted by Gasteiger charge is -2.37. The SMILES string of the molecule is CC(F)Oc1cccc(-c2nn(C[C@@H](O)C(F)(F)F)c3cc(C(=O)CC4(C)CS(=O)(=O)C4)cnc23)c1. The molecule has 0 amide bonds. The monoisotopic (exact) mass is 529 g/mol. The Morgan fingerprint density at radius 3 is 2.58 bits per heavy atom. The van der Waals surface area contributed by atoms with Crippen molar-refractivity contribution in [2.75, 3.05) is 11.5 Å². The summed E-state index contributed by atoms with van der Waals surface area (Å²) in [6.45, 7) is 1.91. The Morgan fingerprint density at radius 2 is 1.97 bits per heavy atom. The third-order valence-electron chi connectivity index (χ3n) is 5.77. The topological polar surface area (TPSA) is 111 Å². The number of aliphatic hydroxyl groups is 1. The number of aromatic nitrogens is 3. The molecule has 0 spiro atoms. The Kier molecular flexibility index (Phi) is 6.58. The number of pyridine rings is 1. The van der Waals surface area contributed by atoms with Gasteiger partial charge in [-0.25, -0.2) is 12.8 Å². The van der Waals surface area contributed by atoms with Crippen molar-refractivity contribution in [1.82, 2.24) is 14.8 Å². The molecular formula is C23H23F4N3O5S. The average Bonchev–Trinajstić information content (AvgIpc) is 3.08. The van der Waals surface area contributed by atoms with Crippen molar-refractivity contribution in [2.45, 2.75) is 45.5 Å². The molecule has 2 aromatic heterocycles. The van der Waals surface area contributed by atoms with Crippen LogP contribution in [-0.2, 0) is 16.4 Å². The number of hydrogen-bond donors (Lipinski definition) is 1. The van der Waals surface area contributed by atoms with Gasteiger partial charge >= 0.3 is 6.18 Å². The van der Waals surface area contributed by atoms with Gasteiger partial charge in [0.15, 0.2) is 21.7 Å². The average molecular weight is 530 g/mol. The Bertz CT molecular complexity index is 1410. The molecule has 36 heavy (non-hydrogen) atoms. The van der Waals surface area contributed by atoms with Gasteiger partial charge in [-0.3, -0.25) is 14.5 Å². The smallest absolute Gasteiger partial charge is 0.416 e. The third kappa shape index (κ3) is 5.51. The number of nitrogens with zero attached hydrogens (tertiary/aromatic N) is 3. The molecule has 194 valence electrons. The lowest BCUT2D eigenvalue weighted by Crippen LogP contribution is -2.47. The molecule has 1 saturated heterocycles. The summed E-state index contributed by atoms with van der Waals surface area (Å²) in [5, 5.41) is 13.9. The number of aliphatic hydroxyl groups excluding tert-OH is 1. The van der Waals surface area contributed by atoms with Crippen LogP contribution in [0.2, 0.25) is 0 Å². The van der Waals surface area contributed by atoms with E-state index in [1.807, 2.05) is 0 Å². The van der Waals surface area contributed by atoms with Gasteiger partial charge in [-0.2, -0.15) is 18.3 Å². The first-order chi connectivity index (χ1) is 16.7. The number of carbonyl (C=O) groups excluding carboxylic acids is 1. The second kappa shape index (κ2) is 9.11. The van der Waals surface area contributed by atoms with Crippen molar-refractivity contribution in [1.29, 1.82) is 0 Å². The summed E-state index contributed by atoms with van der Waals surface area (Å²) < 4.78 is 81.6. The minimum Gasteiger partial charge on any atom is -0.461 e. The molecule has 1 aliphatic rings. The summed E-state index contributed by atoms with van der Waals surface area (Å²) in [5.41, 5.74) is 0.0890. The van der Waals surface area contributed by atoms with E-state index in [1.165, 1.54) is 31.3 Å². The summed E-state index contributed by atoms with van der Waals surface area (Å²) in [5.74, 6) is -0.509. The van der Waals surface area contributed by atoms with E-state index in [-0.39, 0.29) is 46.0 Å². The van der Waals surface area contributed by atoms with E-state index in [0.717, 1.165) is 4.68 Å². The van der Waals surface area contributed by atoms with E-state index in [4.69, 9.17) is 4.74 Å². The molecular weight excluding hydrogens is 506 g/mol. The quantitative estimate of drug-likeness (QED) is 0.350. The van der Waals surface area contributed by atoms with Crippen molar-refractivity contribution < 1.29 is 40.6 Å². The van der Waals surface area contributed by atoms with E-state index in [0.29, 0.717) is 5.56 Å². The zero-order valence-corrected chi connectivity index (χ0v) is 20.1. The molecule has 1 fully saturated rings. The van der Waals surface area contributed by atoms with Crippen LogP contribution in [0.1, 0.15) is 30.6 Å². The number of ketones is 1. The maximum Gasteiger partial charge on any atom is 0.416 e. The molecule has 3 heterocycles. The maximum absolute atomic E-state index is 13.3. The lowest BCUT2D eigenvalue weighted by molar-refractivity contribution is -0.207. The van der Waals surface area contributed by atoms with Gasteiger partial charge in [-0.15, -0.1) is 0 Å². The van der Waals surface area contributed by atoms with E-state index in [1.54, 1.807) is 19.1 Å². The van der Waals surface area contributed by atoms with Crippen molar-refractivity contribution in [3.05, 3.63) is 42.1 Å². The van der Waals surface area contributed by atoms with Gasteiger partial charge in [-0.1, -0.05) is 19.1 Å². The Morgan fingerprint density at radius 1 is 1.28 bits per heavy atom. The van der Waals surface area contributed by atoms with E-state index < -0.39 is 46.2 Å². The molecule has 0 saturated carbocycles. The van der Waals surface area contributed by atoms with Gasteiger partial charge in [0.1, 0.15) is 17.0 Å². The van der Waals surface area contributed by atoms with Crippen LogP contribution in [0.25, 0.3) is 22.3 Å². The van der Waals surface area contributed by atoms with Crippen LogP contribution in [-0.4, -0.2) is 64.2 Å². The van der Waals surface area contributed by atoms with Crippen molar-refractivity contribution in [2.24, 2.45) is 5.41 Å². The molecule has 1 N–H and O–H groups in total. The number of fused-ring (bicyclic) bond motifs is 1. The van der Waals surface area contributed by atoms with Crippen LogP contribution < -0.4 is 4.74 Å². The van der Waals surface area contributed by atoms with Crippen molar-refractivity contribution >= 4 is 26.7 Å². The van der Waals surface area contributed by atoms with E-state index >= 15 is 0 Å². The van der Waals surface area contributed by atoms with Crippen LogP contribution in [0.15, 0.2) is 36.5 Å². The number of carbonyl (C=O) groups is 1. The predicted octanol–water partition coefficient (Wildman–Crippen LogP) is 3.72. The van der Waals surface area contributed by atoms with Gasteiger partial charge in [0, 0.05) is 36.1 Å². The third-order valence-corrected chi connectivity index (χ3v) is 8.04. The van der Waals surface area contributed by atoms with Gasteiger partial charge < -0.3 is 9.84 Å². The molecule has 8 nitrogen and oxygen atoms in total. The van der Waals surface area contributed by atoms with Gasteiger partial charge in [0.2, 0.25) is 6.36 Å². The molecule has 0 bridgehead atoms. The zero-order valence-electron chi connectivity index (χ0n) is 19.3. The number of sulfone groups is 1. The minimum absolute atomic E-state index is 0.0655. The second-order valence-electron chi connectivity index (χ2n) is 9.31. The zero-order chi connectivity index (χ0) is 26.5. The largest absolute Gasteiger partial charge is 0.461 e. The fourth-order valence-corrected chi connectivity index (χ4v) is 6.57. The summed E-state index contributed by atoms with van der Waals surface area (Å²) in [7, 11) is -3.17.